The molecular weight excluding hydrogens is 438 g/mol. The van der Waals surface area contributed by atoms with Crippen LogP contribution in [0.15, 0.2) is 72.1 Å². The zero-order valence-electron chi connectivity index (χ0n) is 18.5. The molecule has 2 aromatic carbocycles. The Kier molecular flexibility index (Phi) is 6.46. The van der Waals surface area contributed by atoms with Gasteiger partial charge in [0.2, 0.25) is 5.91 Å². The molecule has 1 atom stereocenters. The molecule has 0 bridgehead atoms. The molecule has 33 heavy (non-hydrogen) atoms. The van der Waals surface area contributed by atoms with Gasteiger partial charge in [-0.15, -0.1) is 11.3 Å². The molecule has 1 N–H and O–H groups in total. The van der Waals surface area contributed by atoms with Crippen molar-refractivity contribution in [1.29, 1.82) is 0 Å². The highest BCUT2D eigenvalue weighted by Crippen LogP contribution is 2.32. The Hall–Kier alpha value is -3.65. The maximum absolute atomic E-state index is 13.4. The van der Waals surface area contributed by atoms with Crippen LogP contribution in [-0.4, -0.2) is 36.4 Å². The zero-order chi connectivity index (χ0) is 23.4. The smallest absolute Gasteiger partial charge is 0.325 e. The largest absolute Gasteiger partial charge is 0.497 e. The van der Waals surface area contributed by atoms with E-state index in [9.17, 15) is 14.4 Å². The summed E-state index contributed by atoms with van der Waals surface area (Å²) in [4.78, 5) is 43.3. The molecule has 1 fully saturated rings. The monoisotopic (exact) mass is 463 g/mol. The number of hydrogen-bond acceptors (Lipinski definition) is 5. The third-order valence-electron chi connectivity index (χ3n) is 5.85. The van der Waals surface area contributed by atoms with Crippen LogP contribution >= 0.6 is 11.3 Å². The van der Waals surface area contributed by atoms with E-state index >= 15 is 0 Å². The number of carbonyl (C=O) groups is 3. The topological polar surface area (TPSA) is 79.0 Å². The van der Waals surface area contributed by atoms with Crippen LogP contribution in [0.4, 0.5) is 10.5 Å². The molecule has 4 rings (SSSR count). The van der Waals surface area contributed by atoms with Crippen molar-refractivity contribution in [2.24, 2.45) is 0 Å². The van der Waals surface area contributed by atoms with Crippen molar-refractivity contribution >= 4 is 34.9 Å². The normalized spacial score (nSPS) is 17.7. The molecule has 1 saturated heterocycles. The molecule has 0 spiro atoms. The Morgan fingerprint density at radius 3 is 2.39 bits per heavy atom. The standard InChI is InChI=1S/C25H25N3O4S/c1-3-25(18-8-5-4-6-9-18)23(30)28(24(31)26-25)17-22(29)27(16-21-10-7-15-33-21)19-11-13-20(32-2)14-12-19/h4-15H,3,16-17H2,1-2H3,(H,26,31)/t25-/m1/s1. The molecule has 2 heterocycles. The van der Waals surface area contributed by atoms with E-state index in [-0.39, 0.29) is 12.5 Å². The average molecular weight is 464 g/mol. The number of methoxy groups -OCH3 is 1. The van der Waals surface area contributed by atoms with Crippen LogP contribution in [0.2, 0.25) is 0 Å². The fraction of sp³-hybridized carbons (Fsp3) is 0.240. The highest BCUT2D eigenvalue weighted by molar-refractivity contribution is 7.09. The SMILES string of the molecule is CC[C@]1(c2ccccc2)NC(=O)N(CC(=O)N(Cc2cccs2)c2ccc(OC)cc2)C1=O. The molecular formula is C25H25N3O4S. The Morgan fingerprint density at radius 2 is 1.79 bits per heavy atom. The number of imide groups is 1. The number of thiophene rings is 1. The molecule has 1 aromatic heterocycles. The van der Waals surface area contributed by atoms with Crippen LogP contribution in [0.3, 0.4) is 0 Å². The number of rotatable bonds is 8. The summed E-state index contributed by atoms with van der Waals surface area (Å²) in [7, 11) is 1.58. The molecule has 1 aliphatic heterocycles. The van der Waals surface area contributed by atoms with E-state index in [4.69, 9.17) is 4.74 Å². The van der Waals surface area contributed by atoms with Crippen molar-refractivity contribution in [2.75, 3.05) is 18.6 Å². The van der Waals surface area contributed by atoms with Gasteiger partial charge in [-0.1, -0.05) is 43.3 Å². The van der Waals surface area contributed by atoms with Gasteiger partial charge < -0.3 is 15.0 Å². The molecule has 1 aliphatic rings. The number of amides is 4. The minimum Gasteiger partial charge on any atom is -0.497 e. The summed E-state index contributed by atoms with van der Waals surface area (Å²) < 4.78 is 5.22. The lowest BCUT2D eigenvalue weighted by molar-refractivity contribution is -0.134. The summed E-state index contributed by atoms with van der Waals surface area (Å²) in [6.07, 6.45) is 0.379. The molecule has 4 amide bonds. The van der Waals surface area contributed by atoms with Crippen molar-refractivity contribution in [3.8, 4) is 5.75 Å². The third kappa shape index (κ3) is 4.34. The van der Waals surface area contributed by atoms with Crippen LogP contribution in [0.25, 0.3) is 0 Å². The number of ether oxygens (including phenoxy) is 1. The van der Waals surface area contributed by atoms with E-state index in [0.717, 1.165) is 9.78 Å². The third-order valence-corrected chi connectivity index (χ3v) is 6.71. The Bertz CT molecular complexity index is 1130. The first-order chi connectivity index (χ1) is 16.0. The molecule has 8 heteroatoms. The van der Waals surface area contributed by atoms with Gasteiger partial charge in [-0.2, -0.15) is 0 Å². The zero-order valence-corrected chi connectivity index (χ0v) is 19.3. The van der Waals surface area contributed by atoms with Crippen molar-refractivity contribution in [3.63, 3.8) is 0 Å². The second kappa shape index (κ2) is 9.46. The molecule has 0 saturated carbocycles. The molecule has 0 unspecified atom stereocenters. The Labute approximate surface area is 196 Å². The maximum atomic E-state index is 13.4. The number of benzene rings is 2. The summed E-state index contributed by atoms with van der Waals surface area (Å²) in [5, 5.41) is 4.77. The van der Waals surface area contributed by atoms with E-state index < -0.39 is 17.5 Å². The van der Waals surface area contributed by atoms with E-state index in [0.29, 0.717) is 30.0 Å². The maximum Gasteiger partial charge on any atom is 0.325 e. The number of urea groups is 1. The van der Waals surface area contributed by atoms with Crippen LogP contribution in [0, 0.1) is 0 Å². The summed E-state index contributed by atoms with van der Waals surface area (Å²) in [6.45, 7) is 1.83. The van der Waals surface area contributed by atoms with Gasteiger partial charge in [-0.3, -0.25) is 14.5 Å². The minimum atomic E-state index is -1.17. The average Bonchev–Trinajstić information content (AvgIpc) is 3.45. The summed E-state index contributed by atoms with van der Waals surface area (Å²) >= 11 is 1.54. The fourth-order valence-electron chi connectivity index (χ4n) is 4.00. The van der Waals surface area contributed by atoms with Gasteiger partial charge in [0.05, 0.1) is 13.7 Å². The number of anilines is 1. The fourth-order valence-corrected chi connectivity index (χ4v) is 4.69. The second-order valence-electron chi connectivity index (χ2n) is 7.70. The molecule has 0 aliphatic carbocycles. The van der Waals surface area contributed by atoms with E-state index in [1.165, 1.54) is 11.3 Å². The molecule has 3 aromatic rings. The minimum absolute atomic E-state index is 0.337. The van der Waals surface area contributed by atoms with E-state index in [1.807, 2.05) is 54.8 Å². The van der Waals surface area contributed by atoms with Gasteiger partial charge in [0.15, 0.2) is 0 Å². The summed E-state index contributed by atoms with van der Waals surface area (Å²) in [5.74, 6) is -0.0932. The van der Waals surface area contributed by atoms with Gasteiger partial charge >= 0.3 is 6.03 Å². The van der Waals surface area contributed by atoms with Crippen LogP contribution < -0.4 is 15.0 Å². The van der Waals surface area contributed by atoms with Crippen molar-refractivity contribution in [2.45, 2.75) is 25.4 Å². The first-order valence-corrected chi connectivity index (χ1v) is 11.5. The number of nitrogens with one attached hydrogen (secondary N) is 1. The van der Waals surface area contributed by atoms with Crippen molar-refractivity contribution < 1.29 is 19.1 Å². The lowest BCUT2D eigenvalue weighted by Gasteiger charge is -2.27. The molecule has 0 radical (unpaired) electrons. The van der Waals surface area contributed by atoms with Gasteiger partial charge in [0.1, 0.15) is 17.8 Å². The Balaban J connectivity index is 1.60. The van der Waals surface area contributed by atoms with E-state index in [1.54, 1.807) is 36.3 Å². The van der Waals surface area contributed by atoms with Crippen molar-refractivity contribution in [3.05, 3.63) is 82.6 Å². The number of hydrogen-bond donors (Lipinski definition) is 1. The van der Waals surface area contributed by atoms with Crippen LogP contribution in [0.5, 0.6) is 5.75 Å². The second-order valence-corrected chi connectivity index (χ2v) is 8.74. The quantitative estimate of drug-likeness (QED) is 0.509. The van der Waals surface area contributed by atoms with Gasteiger partial charge in [-0.05, 0) is 47.7 Å². The molecule has 7 nitrogen and oxygen atoms in total. The van der Waals surface area contributed by atoms with Crippen LogP contribution in [-0.2, 0) is 21.7 Å². The number of carbonyl (C=O) groups excluding carboxylic acids is 3. The molecule has 170 valence electrons. The first-order valence-electron chi connectivity index (χ1n) is 10.6. The lowest BCUT2D eigenvalue weighted by Crippen LogP contribution is -2.45. The highest BCUT2D eigenvalue weighted by Gasteiger charge is 2.51. The lowest BCUT2D eigenvalue weighted by atomic mass is 9.87. The highest BCUT2D eigenvalue weighted by atomic mass is 32.1. The predicted molar refractivity (Wildman–Crippen MR) is 127 cm³/mol. The van der Waals surface area contributed by atoms with Gasteiger partial charge in [0, 0.05) is 10.6 Å². The Morgan fingerprint density at radius 1 is 1.06 bits per heavy atom. The van der Waals surface area contributed by atoms with E-state index in [2.05, 4.69) is 5.32 Å². The number of nitrogens with zero attached hydrogens (tertiary/aromatic N) is 2. The first kappa shape index (κ1) is 22.5. The van der Waals surface area contributed by atoms with Gasteiger partial charge in [0.25, 0.3) is 5.91 Å². The van der Waals surface area contributed by atoms with Crippen molar-refractivity contribution in [1.82, 2.24) is 10.2 Å². The van der Waals surface area contributed by atoms with Crippen LogP contribution in [0.1, 0.15) is 23.8 Å². The van der Waals surface area contributed by atoms with Gasteiger partial charge in [-0.25, -0.2) is 4.79 Å². The predicted octanol–water partition coefficient (Wildman–Crippen LogP) is 4.15. The summed E-state index contributed by atoms with van der Waals surface area (Å²) in [6, 6.07) is 19.6. The summed E-state index contributed by atoms with van der Waals surface area (Å²) in [5.41, 5.74) is 0.189.